The van der Waals surface area contributed by atoms with E-state index in [0.29, 0.717) is 11.0 Å². The first-order valence-electron chi connectivity index (χ1n) is 2.87. The van der Waals surface area contributed by atoms with Gasteiger partial charge in [0.2, 0.25) is 0 Å². The molecule has 5 heteroatoms. The Balaban J connectivity index is 0.000000605. The Labute approximate surface area is 85.1 Å². The fourth-order valence-electron chi connectivity index (χ4n) is 0.857. The van der Waals surface area contributed by atoms with Gasteiger partial charge in [-0.2, -0.15) is 0 Å². The molecule has 2 rings (SSSR count). The molecule has 0 unspecified atom stereocenters. The predicted octanol–water partition coefficient (Wildman–Crippen LogP) is -2.33. The maximum absolute atomic E-state index is 8.95. The van der Waals surface area contributed by atoms with E-state index in [1.807, 2.05) is 12.1 Å². The molecule has 11 heavy (non-hydrogen) atoms. The summed E-state index contributed by atoms with van der Waals surface area (Å²) in [6, 6.07) is 7.19. The Hall–Kier alpha value is -0.580. The van der Waals surface area contributed by atoms with Crippen LogP contribution in [0.5, 0.6) is 0 Å². The zero-order chi connectivity index (χ0) is 6.97. The number of para-hydroxylation sites is 1. The van der Waals surface area contributed by atoms with Crippen molar-refractivity contribution in [3.63, 3.8) is 0 Å². The van der Waals surface area contributed by atoms with Crippen molar-refractivity contribution in [1.29, 1.82) is 0 Å². The third kappa shape index (κ3) is 1.38. The van der Waals surface area contributed by atoms with Crippen LogP contribution in [0.4, 0.5) is 0 Å². The van der Waals surface area contributed by atoms with Gasteiger partial charge in [-0.15, -0.1) is 5.10 Å². The zero-order valence-corrected chi connectivity index (χ0v) is 8.10. The maximum Gasteiger partial charge on any atom is 1.00 e. The second kappa shape index (κ2) is 3.21. The van der Waals surface area contributed by atoms with Crippen LogP contribution in [0.1, 0.15) is 0 Å². The molecule has 0 atom stereocenters. The Morgan fingerprint density at radius 2 is 2.00 bits per heavy atom. The Bertz CT molecular complexity index is 359. The van der Waals surface area contributed by atoms with Crippen molar-refractivity contribution in [2.75, 3.05) is 0 Å². The Kier molecular flexibility index (Phi) is 2.49. The molecule has 2 aromatic rings. The summed E-state index contributed by atoms with van der Waals surface area (Å²) in [6.07, 6.45) is 0. The Morgan fingerprint density at radius 3 is 2.73 bits per heavy atom. The summed E-state index contributed by atoms with van der Waals surface area (Å²) >= 11 is 0. The van der Waals surface area contributed by atoms with Gasteiger partial charge >= 0.3 is 29.6 Å². The summed E-state index contributed by atoms with van der Waals surface area (Å²) in [6.45, 7) is 0. The first-order valence-corrected chi connectivity index (χ1v) is 2.87. The molecule has 1 N–H and O–H groups in total. The second-order valence-corrected chi connectivity index (χ2v) is 1.97. The van der Waals surface area contributed by atoms with Gasteiger partial charge in [-0.3, -0.25) is 0 Å². The Morgan fingerprint density at radius 1 is 1.27 bits per heavy atom. The van der Waals surface area contributed by atoms with Crippen molar-refractivity contribution < 1.29 is 34.8 Å². The molecule has 4 nitrogen and oxygen atoms in total. The fraction of sp³-hybridized carbons (Fsp3) is 0. The number of rotatable bonds is 0. The number of hydrogen-bond donors (Lipinski definition) is 1. The van der Waals surface area contributed by atoms with Crippen molar-refractivity contribution in [2.45, 2.75) is 0 Å². The largest absolute Gasteiger partial charge is 1.00 e. The zero-order valence-electron chi connectivity index (χ0n) is 6.10. The van der Waals surface area contributed by atoms with E-state index in [1.54, 1.807) is 12.1 Å². The number of aromatic nitrogens is 3. The van der Waals surface area contributed by atoms with E-state index in [-0.39, 0.29) is 29.6 Å². The summed E-state index contributed by atoms with van der Waals surface area (Å²) in [5, 5.41) is 16.1. The van der Waals surface area contributed by atoms with E-state index in [4.69, 9.17) is 5.21 Å². The number of fused-ring (bicyclic) bond motifs is 1. The second-order valence-electron chi connectivity index (χ2n) is 1.97. The van der Waals surface area contributed by atoms with Gasteiger partial charge in [0.15, 0.2) is 0 Å². The normalized spacial score (nSPS) is 9.45. The summed E-state index contributed by atoms with van der Waals surface area (Å²) in [4.78, 5) is 0.759. The molecular formula is C6H5N3NaO+. The van der Waals surface area contributed by atoms with Gasteiger partial charge in [0.25, 0.3) is 0 Å². The minimum atomic E-state index is 0. The van der Waals surface area contributed by atoms with E-state index in [1.165, 1.54) is 0 Å². The van der Waals surface area contributed by atoms with Crippen LogP contribution in [0.3, 0.4) is 0 Å². The standard InChI is InChI=1S/C6H5N3O.Na/c10-9-6-4-2-1-3-5(6)7-8-9;/h1-4,10H;/q;+1. The van der Waals surface area contributed by atoms with Crippen molar-refractivity contribution in [2.24, 2.45) is 0 Å². The minimum absolute atomic E-state index is 0. The first-order chi connectivity index (χ1) is 4.88. The minimum Gasteiger partial charge on any atom is -0.410 e. The molecule has 0 radical (unpaired) electrons. The quantitative estimate of drug-likeness (QED) is 0.345. The molecule has 0 aliphatic carbocycles. The fourth-order valence-corrected chi connectivity index (χ4v) is 0.857. The molecule has 0 bridgehead atoms. The summed E-state index contributed by atoms with van der Waals surface area (Å²) in [7, 11) is 0. The molecule has 1 heterocycles. The molecule has 1 aromatic carbocycles. The maximum atomic E-state index is 8.95. The van der Waals surface area contributed by atoms with Crippen LogP contribution >= 0.6 is 0 Å². The summed E-state index contributed by atoms with van der Waals surface area (Å²) in [5.74, 6) is 0. The smallest absolute Gasteiger partial charge is 0.410 e. The van der Waals surface area contributed by atoms with Crippen LogP contribution in [-0.2, 0) is 0 Å². The topological polar surface area (TPSA) is 50.9 Å². The molecule has 50 valence electrons. The van der Waals surface area contributed by atoms with Gasteiger partial charge in [0, 0.05) is 0 Å². The van der Waals surface area contributed by atoms with Crippen molar-refractivity contribution in [3.8, 4) is 0 Å². The molecule has 0 aliphatic heterocycles. The number of benzene rings is 1. The molecule has 0 saturated carbocycles. The monoisotopic (exact) mass is 158 g/mol. The first kappa shape index (κ1) is 8.52. The van der Waals surface area contributed by atoms with Crippen LogP contribution in [0, 0.1) is 0 Å². The molecule has 0 saturated heterocycles. The average Bonchev–Trinajstić information content (AvgIpc) is 2.34. The molecule has 0 aliphatic rings. The van der Waals surface area contributed by atoms with Gasteiger partial charge in [0.1, 0.15) is 11.0 Å². The predicted molar refractivity (Wildman–Crippen MR) is 34.7 cm³/mol. The molecule has 0 spiro atoms. The van der Waals surface area contributed by atoms with E-state index in [2.05, 4.69) is 10.3 Å². The van der Waals surface area contributed by atoms with Crippen molar-refractivity contribution in [1.82, 2.24) is 15.2 Å². The van der Waals surface area contributed by atoms with Crippen LogP contribution in [0.15, 0.2) is 24.3 Å². The van der Waals surface area contributed by atoms with E-state index in [9.17, 15) is 0 Å². The van der Waals surface area contributed by atoms with Crippen molar-refractivity contribution in [3.05, 3.63) is 24.3 Å². The summed E-state index contributed by atoms with van der Waals surface area (Å²) < 4.78 is 0. The third-order valence-electron chi connectivity index (χ3n) is 1.33. The molecular weight excluding hydrogens is 153 g/mol. The number of nitrogens with zero attached hydrogens (tertiary/aromatic N) is 3. The van der Waals surface area contributed by atoms with Crippen LogP contribution in [-0.4, -0.2) is 20.4 Å². The van der Waals surface area contributed by atoms with Crippen LogP contribution in [0.25, 0.3) is 11.0 Å². The number of hydrogen-bond acceptors (Lipinski definition) is 3. The molecule has 0 amide bonds. The van der Waals surface area contributed by atoms with Crippen molar-refractivity contribution >= 4 is 11.0 Å². The van der Waals surface area contributed by atoms with E-state index in [0.717, 1.165) is 4.85 Å². The SMILES string of the molecule is On1nnc2ccccc21.[Na+]. The van der Waals surface area contributed by atoms with Crippen LogP contribution in [0.2, 0.25) is 0 Å². The van der Waals surface area contributed by atoms with Gasteiger partial charge < -0.3 is 5.21 Å². The summed E-state index contributed by atoms with van der Waals surface area (Å²) in [5.41, 5.74) is 1.33. The average molecular weight is 158 g/mol. The van der Waals surface area contributed by atoms with Gasteiger partial charge in [-0.05, 0) is 17.3 Å². The van der Waals surface area contributed by atoms with Crippen LogP contribution < -0.4 is 29.6 Å². The molecule has 1 aromatic heterocycles. The van der Waals surface area contributed by atoms with Gasteiger partial charge in [-0.1, -0.05) is 17.0 Å². The van der Waals surface area contributed by atoms with E-state index < -0.39 is 0 Å². The molecule has 0 fully saturated rings. The third-order valence-corrected chi connectivity index (χ3v) is 1.33. The van der Waals surface area contributed by atoms with Gasteiger partial charge in [0.05, 0.1) is 0 Å². The van der Waals surface area contributed by atoms with Gasteiger partial charge in [-0.25, -0.2) is 0 Å². The van der Waals surface area contributed by atoms with E-state index >= 15 is 0 Å².